The van der Waals surface area contributed by atoms with Crippen LogP contribution in [0, 0.1) is 0 Å². The summed E-state index contributed by atoms with van der Waals surface area (Å²) in [6.45, 7) is 0. The number of aromatic nitrogens is 1. The van der Waals surface area contributed by atoms with Gasteiger partial charge >= 0.3 is 0 Å². The molecule has 0 aliphatic heterocycles. The molecule has 0 spiro atoms. The summed E-state index contributed by atoms with van der Waals surface area (Å²) in [5.41, 5.74) is 12.3. The SMILES string of the molecule is c1ccc(-c2ccccc2-c2c3ccccc3c(-c3cccc(-c4ccc5[nH]c6c7ccccc7ccc6c5c4)c3)c3ccccc23)cc1. The molecule has 1 nitrogen and oxygen atoms in total. The Bertz CT molecular complexity index is 2820. The number of H-pyrrole nitrogens is 1. The second-order valence-corrected chi connectivity index (χ2v) is 12.9. The molecule has 228 valence electrons. The number of fused-ring (bicyclic) bond motifs is 7. The van der Waals surface area contributed by atoms with Gasteiger partial charge < -0.3 is 4.98 Å². The maximum Gasteiger partial charge on any atom is 0.0544 e. The average molecular weight is 622 g/mol. The van der Waals surface area contributed by atoms with E-state index in [1.807, 2.05) is 0 Å². The summed E-state index contributed by atoms with van der Waals surface area (Å²) in [5, 5.41) is 10.1. The highest BCUT2D eigenvalue weighted by molar-refractivity contribution is 6.23. The molecule has 0 saturated carbocycles. The van der Waals surface area contributed by atoms with E-state index in [2.05, 4.69) is 187 Å². The van der Waals surface area contributed by atoms with E-state index < -0.39 is 0 Å². The van der Waals surface area contributed by atoms with Crippen LogP contribution in [0.2, 0.25) is 0 Å². The summed E-state index contributed by atoms with van der Waals surface area (Å²) in [7, 11) is 0. The van der Waals surface area contributed by atoms with Crippen molar-refractivity contribution in [3.05, 3.63) is 182 Å². The second kappa shape index (κ2) is 11.1. The fraction of sp³-hybridized carbons (Fsp3) is 0. The second-order valence-electron chi connectivity index (χ2n) is 12.9. The Labute approximate surface area is 284 Å². The topological polar surface area (TPSA) is 15.8 Å². The fourth-order valence-corrected chi connectivity index (χ4v) is 7.98. The average Bonchev–Trinajstić information content (AvgIpc) is 3.56. The van der Waals surface area contributed by atoms with Crippen LogP contribution >= 0.6 is 0 Å². The molecule has 0 amide bonds. The van der Waals surface area contributed by atoms with Crippen molar-refractivity contribution in [2.24, 2.45) is 0 Å². The Morgan fingerprint density at radius 2 is 0.857 bits per heavy atom. The molecule has 10 rings (SSSR count). The van der Waals surface area contributed by atoms with Crippen LogP contribution in [0.15, 0.2) is 182 Å². The smallest absolute Gasteiger partial charge is 0.0544 e. The van der Waals surface area contributed by atoms with Gasteiger partial charge in [0.2, 0.25) is 0 Å². The Kier molecular flexibility index (Phi) is 6.25. The summed E-state index contributed by atoms with van der Waals surface area (Å²) in [5.74, 6) is 0. The largest absolute Gasteiger partial charge is 0.354 e. The molecule has 0 fully saturated rings. The molecule has 0 bridgehead atoms. The van der Waals surface area contributed by atoms with Gasteiger partial charge in [0.25, 0.3) is 0 Å². The van der Waals surface area contributed by atoms with E-state index in [0.717, 1.165) is 5.52 Å². The molecule has 0 aliphatic carbocycles. The molecule has 0 atom stereocenters. The first-order chi connectivity index (χ1) is 24.3. The quantitative estimate of drug-likeness (QED) is 0.188. The van der Waals surface area contributed by atoms with Crippen molar-refractivity contribution in [2.75, 3.05) is 0 Å². The Morgan fingerprint density at radius 3 is 1.61 bits per heavy atom. The molecule has 9 aromatic carbocycles. The molecule has 1 aromatic heterocycles. The number of hydrogen-bond donors (Lipinski definition) is 1. The zero-order valence-corrected chi connectivity index (χ0v) is 26.8. The van der Waals surface area contributed by atoms with Crippen LogP contribution in [0.1, 0.15) is 0 Å². The lowest BCUT2D eigenvalue weighted by molar-refractivity contribution is 1.56. The molecule has 1 heterocycles. The highest BCUT2D eigenvalue weighted by Crippen LogP contribution is 2.46. The standard InChI is InChI=1S/C48H31N/c1-2-13-31(14-3-1)36-18-6-7-20-38(36)47-41-23-10-8-21-39(41)46(40-22-9-11-24-42(40)47)35-17-12-16-33(29-35)34-26-28-45-44(30-34)43-27-25-32-15-4-5-19-37(32)48(43)49-45/h1-30,49H. The number of nitrogens with one attached hydrogen (secondary N) is 1. The van der Waals surface area contributed by atoms with Crippen LogP contribution in [0.4, 0.5) is 0 Å². The first kappa shape index (κ1) is 27.7. The number of hydrogen-bond acceptors (Lipinski definition) is 0. The van der Waals surface area contributed by atoms with Gasteiger partial charge in [-0.3, -0.25) is 0 Å². The van der Waals surface area contributed by atoms with Crippen LogP contribution in [0.3, 0.4) is 0 Å². The molecular weight excluding hydrogens is 591 g/mol. The molecule has 1 heteroatoms. The molecule has 0 radical (unpaired) electrons. The third-order valence-corrected chi connectivity index (χ3v) is 10.2. The minimum absolute atomic E-state index is 1.16. The third kappa shape index (κ3) is 4.40. The minimum Gasteiger partial charge on any atom is -0.354 e. The van der Waals surface area contributed by atoms with Crippen molar-refractivity contribution in [1.82, 2.24) is 4.98 Å². The van der Waals surface area contributed by atoms with E-state index in [9.17, 15) is 0 Å². The summed E-state index contributed by atoms with van der Waals surface area (Å²) in [6, 6.07) is 66.4. The molecule has 1 N–H and O–H groups in total. The number of aromatic amines is 1. The Hall–Kier alpha value is -6.44. The molecular formula is C48H31N. The van der Waals surface area contributed by atoms with Crippen molar-refractivity contribution in [2.45, 2.75) is 0 Å². The van der Waals surface area contributed by atoms with E-state index in [4.69, 9.17) is 0 Å². The van der Waals surface area contributed by atoms with E-state index in [-0.39, 0.29) is 0 Å². The normalized spacial score (nSPS) is 11.7. The summed E-state index contributed by atoms with van der Waals surface area (Å²) < 4.78 is 0. The number of benzene rings is 9. The molecule has 10 aromatic rings. The van der Waals surface area contributed by atoms with Gasteiger partial charge in [-0.05, 0) is 89.6 Å². The van der Waals surface area contributed by atoms with Crippen LogP contribution in [0.25, 0.3) is 98.6 Å². The van der Waals surface area contributed by atoms with Gasteiger partial charge in [-0.2, -0.15) is 0 Å². The van der Waals surface area contributed by atoms with E-state index in [1.165, 1.54) is 93.1 Å². The van der Waals surface area contributed by atoms with Crippen molar-refractivity contribution in [3.8, 4) is 44.5 Å². The fourth-order valence-electron chi connectivity index (χ4n) is 7.98. The highest BCUT2D eigenvalue weighted by atomic mass is 14.7. The van der Waals surface area contributed by atoms with Crippen molar-refractivity contribution >= 4 is 54.1 Å². The van der Waals surface area contributed by atoms with Gasteiger partial charge in [-0.1, -0.05) is 164 Å². The van der Waals surface area contributed by atoms with Crippen LogP contribution < -0.4 is 0 Å². The van der Waals surface area contributed by atoms with Crippen LogP contribution in [-0.2, 0) is 0 Å². The van der Waals surface area contributed by atoms with Gasteiger partial charge in [0.05, 0.1) is 5.52 Å². The first-order valence-electron chi connectivity index (χ1n) is 16.9. The predicted molar refractivity (Wildman–Crippen MR) is 210 cm³/mol. The lowest BCUT2D eigenvalue weighted by Crippen LogP contribution is -1.93. The Morgan fingerprint density at radius 1 is 0.286 bits per heavy atom. The predicted octanol–water partition coefficient (Wildman–Crippen LogP) is 13.4. The zero-order valence-electron chi connectivity index (χ0n) is 26.8. The first-order valence-corrected chi connectivity index (χ1v) is 16.9. The summed E-state index contributed by atoms with van der Waals surface area (Å²) >= 11 is 0. The third-order valence-electron chi connectivity index (χ3n) is 10.2. The van der Waals surface area contributed by atoms with Crippen LogP contribution in [0.5, 0.6) is 0 Å². The monoisotopic (exact) mass is 621 g/mol. The minimum atomic E-state index is 1.16. The van der Waals surface area contributed by atoms with E-state index in [0.29, 0.717) is 0 Å². The van der Waals surface area contributed by atoms with E-state index in [1.54, 1.807) is 0 Å². The summed E-state index contributed by atoms with van der Waals surface area (Å²) in [6.07, 6.45) is 0. The van der Waals surface area contributed by atoms with Gasteiger partial charge in [0, 0.05) is 21.7 Å². The molecule has 0 saturated heterocycles. The zero-order chi connectivity index (χ0) is 32.3. The van der Waals surface area contributed by atoms with E-state index >= 15 is 0 Å². The molecule has 0 unspecified atom stereocenters. The highest BCUT2D eigenvalue weighted by Gasteiger charge is 2.19. The lowest BCUT2D eigenvalue weighted by Gasteiger charge is -2.20. The number of rotatable bonds is 4. The maximum atomic E-state index is 3.71. The van der Waals surface area contributed by atoms with Crippen molar-refractivity contribution in [1.29, 1.82) is 0 Å². The van der Waals surface area contributed by atoms with Gasteiger partial charge in [0.1, 0.15) is 0 Å². The Balaban J connectivity index is 1.18. The van der Waals surface area contributed by atoms with Crippen molar-refractivity contribution < 1.29 is 0 Å². The van der Waals surface area contributed by atoms with Gasteiger partial charge in [-0.25, -0.2) is 0 Å². The summed E-state index contributed by atoms with van der Waals surface area (Å²) in [4.78, 5) is 3.71. The maximum absolute atomic E-state index is 3.71. The van der Waals surface area contributed by atoms with Gasteiger partial charge in [-0.15, -0.1) is 0 Å². The lowest BCUT2D eigenvalue weighted by atomic mass is 9.83. The molecule has 0 aliphatic rings. The van der Waals surface area contributed by atoms with Crippen molar-refractivity contribution in [3.63, 3.8) is 0 Å². The molecule has 49 heavy (non-hydrogen) atoms. The van der Waals surface area contributed by atoms with Gasteiger partial charge in [0.15, 0.2) is 0 Å². The van der Waals surface area contributed by atoms with Crippen LogP contribution in [-0.4, -0.2) is 4.98 Å².